The van der Waals surface area contributed by atoms with Gasteiger partial charge in [-0.15, -0.1) is 0 Å². The number of carbonyl (C=O) groups is 1. The van der Waals surface area contributed by atoms with Gasteiger partial charge in [-0.3, -0.25) is 4.79 Å². The number of carbonyl (C=O) groups excluding carboxylic acids is 1. The highest BCUT2D eigenvalue weighted by molar-refractivity contribution is 5.76. The third-order valence-electron chi connectivity index (χ3n) is 3.89. The van der Waals surface area contributed by atoms with E-state index in [9.17, 15) is 4.79 Å². The average Bonchev–Trinajstić information content (AvgIpc) is 2.21. The largest absolute Gasteiger partial charge is 0.342 e. The summed E-state index contributed by atoms with van der Waals surface area (Å²) < 4.78 is 0. The zero-order valence-corrected chi connectivity index (χ0v) is 10.4. The predicted octanol–water partition coefficient (Wildman–Crippen LogP) is 1.78. The highest BCUT2D eigenvalue weighted by atomic mass is 16.2. The standard InChI is InChI=1S/C13H24N2O/c1-11-4-3-9-15(10-11)13(16)7-8-14-12-5-2-6-12/h11-12,14H,2-10H2,1H3. The fraction of sp³-hybridized carbons (Fsp3) is 0.923. The fourth-order valence-electron chi connectivity index (χ4n) is 2.57. The summed E-state index contributed by atoms with van der Waals surface area (Å²) in [6, 6.07) is 0.702. The topological polar surface area (TPSA) is 32.3 Å². The van der Waals surface area contributed by atoms with Crippen molar-refractivity contribution in [3.8, 4) is 0 Å². The van der Waals surface area contributed by atoms with Crippen molar-refractivity contribution < 1.29 is 4.79 Å². The smallest absolute Gasteiger partial charge is 0.223 e. The SMILES string of the molecule is CC1CCCN(C(=O)CCNC2CCC2)C1. The van der Waals surface area contributed by atoms with E-state index < -0.39 is 0 Å². The lowest BCUT2D eigenvalue weighted by atomic mass is 9.93. The number of amides is 1. The maximum atomic E-state index is 11.9. The van der Waals surface area contributed by atoms with E-state index in [1.54, 1.807) is 0 Å². The van der Waals surface area contributed by atoms with Gasteiger partial charge in [0, 0.05) is 32.1 Å². The molecule has 1 aliphatic heterocycles. The molecule has 1 amide bonds. The fourth-order valence-corrected chi connectivity index (χ4v) is 2.57. The lowest BCUT2D eigenvalue weighted by molar-refractivity contribution is -0.132. The molecule has 3 nitrogen and oxygen atoms in total. The summed E-state index contributed by atoms with van der Waals surface area (Å²) in [6.45, 7) is 5.06. The van der Waals surface area contributed by atoms with Crippen LogP contribution >= 0.6 is 0 Å². The molecule has 0 spiro atoms. The molecule has 1 saturated carbocycles. The van der Waals surface area contributed by atoms with Crippen molar-refractivity contribution in [2.45, 2.75) is 51.5 Å². The van der Waals surface area contributed by atoms with E-state index in [2.05, 4.69) is 17.1 Å². The maximum Gasteiger partial charge on any atom is 0.223 e. The average molecular weight is 224 g/mol. The van der Waals surface area contributed by atoms with E-state index in [0.29, 0.717) is 24.3 Å². The molecular weight excluding hydrogens is 200 g/mol. The number of piperidine rings is 1. The quantitative estimate of drug-likeness (QED) is 0.789. The van der Waals surface area contributed by atoms with Gasteiger partial charge in [-0.25, -0.2) is 0 Å². The van der Waals surface area contributed by atoms with Gasteiger partial charge in [-0.05, 0) is 31.6 Å². The molecule has 1 N–H and O–H groups in total. The van der Waals surface area contributed by atoms with Crippen LogP contribution in [0.25, 0.3) is 0 Å². The molecule has 2 aliphatic rings. The van der Waals surface area contributed by atoms with E-state index in [1.807, 2.05) is 0 Å². The van der Waals surface area contributed by atoms with Crippen LogP contribution in [0.4, 0.5) is 0 Å². The molecule has 1 heterocycles. The molecule has 1 atom stereocenters. The van der Waals surface area contributed by atoms with Crippen LogP contribution in [-0.2, 0) is 4.79 Å². The molecule has 3 heteroatoms. The monoisotopic (exact) mass is 224 g/mol. The highest BCUT2D eigenvalue weighted by Gasteiger charge is 2.21. The highest BCUT2D eigenvalue weighted by Crippen LogP contribution is 2.18. The van der Waals surface area contributed by atoms with Crippen molar-refractivity contribution in [2.75, 3.05) is 19.6 Å². The summed E-state index contributed by atoms with van der Waals surface area (Å²) in [5.41, 5.74) is 0. The first-order valence-corrected chi connectivity index (χ1v) is 6.77. The Kier molecular flexibility index (Phi) is 4.22. The van der Waals surface area contributed by atoms with Crippen molar-refractivity contribution in [3.63, 3.8) is 0 Å². The number of rotatable bonds is 4. The lowest BCUT2D eigenvalue weighted by Crippen LogP contribution is -2.42. The Labute approximate surface area is 98.6 Å². The Morgan fingerprint density at radius 2 is 2.12 bits per heavy atom. The molecule has 0 bridgehead atoms. The lowest BCUT2D eigenvalue weighted by Gasteiger charge is -2.31. The number of nitrogens with one attached hydrogen (secondary N) is 1. The number of likely N-dealkylation sites (tertiary alicyclic amines) is 1. The summed E-state index contributed by atoms with van der Waals surface area (Å²) in [5.74, 6) is 1.04. The summed E-state index contributed by atoms with van der Waals surface area (Å²) in [5, 5.41) is 3.45. The molecule has 0 radical (unpaired) electrons. The Hall–Kier alpha value is -0.570. The zero-order chi connectivity index (χ0) is 11.4. The minimum absolute atomic E-state index is 0.346. The normalized spacial score (nSPS) is 26.6. The first-order valence-electron chi connectivity index (χ1n) is 6.77. The Bertz CT molecular complexity index is 238. The van der Waals surface area contributed by atoms with Gasteiger partial charge in [-0.2, -0.15) is 0 Å². The molecule has 2 fully saturated rings. The summed E-state index contributed by atoms with van der Waals surface area (Å²) in [6.07, 6.45) is 7.11. The van der Waals surface area contributed by atoms with Crippen LogP contribution in [0.2, 0.25) is 0 Å². The van der Waals surface area contributed by atoms with Crippen molar-refractivity contribution in [2.24, 2.45) is 5.92 Å². The van der Waals surface area contributed by atoms with E-state index in [4.69, 9.17) is 0 Å². The number of hydrogen-bond donors (Lipinski definition) is 1. The zero-order valence-electron chi connectivity index (χ0n) is 10.4. The van der Waals surface area contributed by atoms with E-state index in [-0.39, 0.29) is 0 Å². The van der Waals surface area contributed by atoms with Gasteiger partial charge in [0.05, 0.1) is 0 Å². The molecule has 0 aromatic carbocycles. The van der Waals surface area contributed by atoms with Crippen LogP contribution in [-0.4, -0.2) is 36.5 Å². The molecule has 16 heavy (non-hydrogen) atoms. The summed E-state index contributed by atoms with van der Waals surface area (Å²) in [4.78, 5) is 14.0. The second-order valence-electron chi connectivity index (χ2n) is 5.42. The third kappa shape index (κ3) is 3.21. The van der Waals surface area contributed by atoms with Gasteiger partial charge in [-0.1, -0.05) is 13.3 Å². The summed E-state index contributed by atoms with van der Waals surface area (Å²) in [7, 11) is 0. The third-order valence-corrected chi connectivity index (χ3v) is 3.89. The van der Waals surface area contributed by atoms with Crippen LogP contribution in [0, 0.1) is 5.92 Å². The Morgan fingerprint density at radius 3 is 2.75 bits per heavy atom. The van der Waals surface area contributed by atoms with Crippen molar-refractivity contribution >= 4 is 5.91 Å². The van der Waals surface area contributed by atoms with Crippen molar-refractivity contribution in [3.05, 3.63) is 0 Å². The molecule has 92 valence electrons. The van der Waals surface area contributed by atoms with Gasteiger partial charge >= 0.3 is 0 Å². The van der Waals surface area contributed by atoms with Crippen LogP contribution in [0.15, 0.2) is 0 Å². The van der Waals surface area contributed by atoms with Crippen LogP contribution in [0.3, 0.4) is 0 Å². The Morgan fingerprint density at radius 1 is 1.31 bits per heavy atom. The van der Waals surface area contributed by atoms with Gasteiger partial charge in [0.2, 0.25) is 5.91 Å². The van der Waals surface area contributed by atoms with Crippen molar-refractivity contribution in [1.29, 1.82) is 0 Å². The Balaban J connectivity index is 1.62. The molecule has 0 aromatic rings. The second-order valence-corrected chi connectivity index (χ2v) is 5.42. The molecule has 1 unspecified atom stereocenters. The van der Waals surface area contributed by atoms with E-state index in [1.165, 1.54) is 32.1 Å². The molecular formula is C13H24N2O. The number of hydrogen-bond acceptors (Lipinski definition) is 2. The number of nitrogens with zero attached hydrogens (tertiary/aromatic N) is 1. The van der Waals surface area contributed by atoms with Gasteiger partial charge in [0.1, 0.15) is 0 Å². The molecule has 2 rings (SSSR count). The van der Waals surface area contributed by atoms with E-state index >= 15 is 0 Å². The van der Waals surface area contributed by atoms with Crippen LogP contribution in [0.1, 0.15) is 45.4 Å². The van der Waals surface area contributed by atoms with Gasteiger partial charge < -0.3 is 10.2 Å². The molecule has 1 aliphatic carbocycles. The first kappa shape index (κ1) is 11.9. The van der Waals surface area contributed by atoms with Gasteiger partial charge in [0.25, 0.3) is 0 Å². The minimum Gasteiger partial charge on any atom is -0.342 e. The summed E-state index contributed by atoms with van der Waals surface area (Å²) >= 11 is 0. The van der Waals surface area contributed by atoms with Crippen molar-refractivity contribution in [1.82, 2.24) is 10.2 Å². The first-order chi connectivity index (χ1) is 7.75. The maximum absolute atomic E-state index is 11.9. The molecule has 0 aromatic heterocycles. The van der Waals surface area contributed by atoms with Crippen LogP contribution in [0.5, 0.6) is 0 Å². The van der Waals surface area contributed by atoms with Gasteiger partial charge in [0.15, 0.2) is 0 Å². The molecule has 1 saturated heterocycles. The minimum atomic E-state index is 0.346. The second kappa shape index (κ2) is 5.67. The van der Waals surface area contributed by atoms with Crippen LogP contribution < -0.4 is 5.32 Å². The van der Waals surface area contributed by atoms with E-state index in [0.717, 1.165) is 19.6 Å². The predicted molar refractivity (Wildman–Crippen MR) is 65.2 cm³/mol.